The molecule has 3 heteroatoms. The highest BCUT2D eigenvalue weighted by molar-refractivity contribution is 6.31. The molecule has 4 aliphatic rings. The van der Waals surface area contributed by atoms with E-state index in [4.69, 9.17) is 27.9 Å². The SMILES string of the molecule is COC(=C1C2CC3CC1CC(Cl)(C3)C2)c1ccc(Cl)c(C)c1. The molecule has 0 spiro atoms. The molecule has 0 saturated heterocycles. The highest BCUT2D eigenvalue weighted by atomic mass is 35.5. The lowest BCUT2D eigenvalue weighted by Crippen LogP contribution is -2.48. The van der Waals surface area contributed by atoms with Gasteiger partial charge in [-0.3, -0.25) is 0 Å². The van der Waals surface area contributed by atoms with Gasteiger partial charge in [0, 0.05) is 15.5 Å². The fourth-order valence-electron chi connectivity index (χ4n) is 5.25. The largest absolute Gasteiger partial charge is 0.496 e. The Morgan fingerprint density at radius 1 is 1.18 bits per heavy atom. The van der Waals surface area contributed by atoms with E-state index in [1.807, 2.05) is 6.07 Å². The maximum atomic E-state index is 6.86. The minimum Gasteiger partial charge on any atom is -0.496 e. The molecule has 2 unspecified atom stereocenters. The van der Waals surface area contributed by atoms with Gasteiger partial charge in [0.15, 0.2) is 0 Å². The first-order valence-electron chi connectivity index (χ1n) is 8.22. The van der Waals surface area contributed by atoms with Gasteiger partial charge in [0.25, 0.3) is 0 Å². The van der Waals surface area contributed by atoms with E-state index < -0.39 is 0 Å². The third-order valence-corrected chi connectivity index (χ3v) is 6.77. The molecule has 4 aliphatic carbocycles. The van der Waals surface area contributed by atoms with Gasteiger partial charge in [-0.15, -0.1) is 11.6 Å². The topological polar surface area (TPSA) is 9.23 Å². The van der Waals surface area contributed by atoms with Crippen LogP contribution in [0.15, 0.2) is 23.8 Å². The first kappa shape index (κ1) is 14.9. The van der Waals surface area contributed by atoms with Crippen molar-refractivity contribution in [1.82, 2.24) is 0 Å². The van der Waals surface area contributed by atoms with Crippen LogP contribution in [0.25, 0.3) is 5.76 Å². The molecular weight excluding hydrogens is 315 g/mol. The second-order valence-corrected chi connectivity index (χ2v) is 8.66. The van der Waals surface area contributed by atoms with Crippen LogP contribution in [-0.2, 0) is 4.74 Å². The fourth-order valence-corrected chi connectivity index (χ4v) is 5.96. The number of methoxy groups -OCH3 is 1. The van der Waals surface area contributed by atoms with Crippen LogP contribution < -0.4 is 0 Å². The second kappa shape index (κ2) is 5.18. The molecular formula is C19H22Cl2O. The summed E-state index contributed by atoms with van der Waals surface area (Å²) in [7, 11) is 1.80. The number of alkyl halides is 1. The lowest BCUT2D eigenvalue weighted by Gasteiger charge is -2.55. The summed E-state index contributed by atoms with van der Waals surface area (Å²) in [6, 6.07) is 6.21. The molecule has 2 atom stereocenters. The van der Waals surface area contributed by atoms with Gasteiger partial charge in [0.05, 0.1) is 7.11 Å². The van der Waals surface area contributed by atoms with Crippen molar-refractivity contribution < 1.29 is 4.74 Å². The maximum Gasteiger partial charge on any atom is 0.125 e. The van der Waals surface area contributed by atoms with Crippen LogP contribution in [0, 0.1) is 24.7 Å². The molecule has 22 heavy (non-hydrogen) atoms. The van der Waals surface area contributed by atoms with Gasteiger partial charge in [-0.1, -0.05) is 11.6 Å². The number of hydrogen-bond donors (Lipinski definition) is 0. The van der Waals surface area contributed by atoms with E-state index in [0.717, 1.165) is 40.7 Å². The summed E-state index contributed by atoms with van der Waals surface area (Å²) in [4.78, 5) is 0.0643. The molecule has 0 heterocycles. The van der Waals surface area contributed by atoms with Crippen molar-refractivity contribution in [3.05, 3.63) is 39.9 Å². The number of aryl methyl sites for hydroxylation is 1. The summed E-state index contributed by atoms with van der Waals surface area (Å²) in [5.41, 5.74) is 3.79. The van der Waals surface area contributed by atoms with Crippen LogP contribution in [0.3, 0.4) is 0 Å². The van der Waals surface area contributed by atoms with Crippen LogP contribution in [0.4, 0.5) is 0 Å². The van der Waals surface area contributed by atoms with Crippen molar-refractivity contribution in [1.29, 1.82) is 0 Å². The molecule has 4 bridgehead atoms. The number of hydrogen-bond acceptors (Lipinski definition) is 1. The highest BCUT2D eigenvalue weighted by Gasteiger charge is 2.53. The molecule has 5 rings (SSSR count). The van der Waals surface area contributed by atoms with Crippen molar-refractivity contribution in [2.45, 2.75) is 43.9 Å². The Hall–Kier alpha value is -0.660. The van der Waals surface area contributed by atoms with Crippen molar-refractivity contribution in [3.63, 3.8) is 0 Å². The predicted molar refractivity (Wildman–Crippen MR) is 92.3 cm³/mol. The quantitative estimate of drug-likeness (QED) is 0.488. The van der Waals surface area contributed by atoms with E-state index in [-0.39, 0.29) is 4.87 Å². The zero-order valence-corrected chi connectivity index (χ0v) is 14.7. The van der Waals surface area contributed by atoms with Crippen molar-refractivity contribution in [2.24, 2.45) is 17.8 Å². The summed E-state index contributed by atoms with van der Waals surface area (Å²) in [6.07, 6.45) is 6.04. The Kier molecular flexibility index (Phi) is 3.51. The third kappa shape index (κ3) is 2.29. The molecule has 1 aromatic carbocycles. The normalized spacial score (nSPS) is 35.8. The van der Waals surface area contributed by atoms with Crippen LogP contribution >= 0.6 is 23.2 Å². The van der Waals surface area contributed by atoms with Crippen molar-refractivity contribution >= 4 is 29.0 Å². The molecule has 0 aromatic heterocycles. The monoisotopic (exact) mass is 336 g/mol. The van der Waals surface area contributed by atoms with Gasteiger partial charge in [-0.05, 0) is 86.1 Å². The summed E-state index contributed by atoms with van der Waals surface area (Å²) in [5.74, 6) is 3.11. The summed E-state index contributed by atoms with van der Waals surface area (Å²) in [6.45, 7) is 2.05. The third-order valence-electron chi connectivity index (χ3n) is 5.88. The number of ether oxygens (including phenoxy) is 1. The molecule has 0 aliphatic heterocycles. The van der Waals surface area contributed by atoms with E-state index >= 15 is 0 Å². The molecule has 0 amide bonds. The van der Waals surface area contributed by atoms with Crippen LogP contribution in [-0.4, -0.2) is 12.0 Å². The first-order valence-corrected chi connectivity index (χ1v) is 8.98. The Morgan fingerprint density at radius 2 is 1.86 bits per heavy atom. The molecule has 1 nitrogen and oxygen atoms in total. The Morgan fingerprint density at radius 3 is 2.41 bits per heavy atom. The summed E-state index contributed by atoms with van der Waals surface area (Å²) in [5, 5.41) is 0.814. The average Bonchev–Trinajstić information content (AvgIpc) is 2.44. The molecule has 118 valence electrons. The smallest absolute Gasteiger partial charge is 0.125 e. The number of benzene rings is 1. The van der Waals surface area contributed by atoms with Gasteiger partial charge in [0.1, 0.15) is 5.76 Å². The number of halogens is 2. The number of rotatable bonds is 2. The van der Waals surface area contributed by atoms with E-state index in [2.05, 4.69) is 19.1 Å². The van der Waals surface area contributed by atoms with Crippen LogP contribution in [0.1, 0.15) is 43.2 Å². The molecule has 4 fully saturated rings. The second-order valence-electron chi connectivity index (χ2n) is 7.45. The Labute approximate surface area is 142 Å². The minimum absolute atomic E-state index is 0.0643. The average molecular weight is 337 g/mol. The number of allylic oxidation sites excluding steroid dienone is 1. The zero-order chi connectivity index (χ0) is 15.5. The van der Waals surface area contributed by atoms with Crippen molar-refractivity contribution in [3.8, 4) is 0 Å². The van der Waals surface area contributed by atoms with Gasteiger partial charge in [0.2, 0.25) is 0 Å². The van der Waals surface area contributed by atoms with E-state index in [9.17, 15) is 0 Å². The summed E-state index contributed by atoms with van der Waals surface area (Å²) < 4.78 is 5.88. The van der Waals surface area contributed by atoms with E-state index in [0.29, 0.717) is 11.8 Å². The van der Waals surface area contributed by atoms with Crippen LogP contribution in [0.2, 0.25) is 5.02 Å². The molecule has 0 N–H and O–H groups in total. The Bertz CT molecular complexity index is 631. The van der Waals surface area contributed by atoms with Crippen molar-refractivity contribution in [2.75, 3.05) is 7.11 Å². The minimum atomic E-state index is 0.0643. The highest BCUT2D eigenvalue weighted by Crippen LogP contribution is 2.61. The molecule has 4 saturated carbocycles. The standard InChI is InChI=1S/C19H22Cl2O/c1-11-5-13(3-4-16(11)20)18(22-2)17-14-6-12-7-15(17)10-19(21,8-12)9-14/h3-5,12,14-15H,6-10H2,1-2H3. The molecule has 0 radical (unpaired) electrons. The van der Waals surface area contributed by atoms with Gasteiger partial charge in [-0.25, -0.2) is 0 Å². The van der Waals surface area contributed by atoms with Crippen LogP contribution in [0.5, 0.6) is 0 Å². The fraction of sp³-hybridized carbons (Fsp3) is 0.579. The Balaban J connectivity index is 1.79. The predicted octanol–water partition coefficient (Wildman–Crippen LogP) is 5.82. The lowest BCUT2D eigenvalue weighted by atomic mass is 9.53. The molecule has 1 aromatic rings. The van der Waals surface area contributed by atoms with Gasteiger partial charge >= 0.3 is 0 Å². The summed E-state index contributed by atoms with van der Waals surface area (Å²) >= 11 is 13.0. The van der Waals surface area contributed by atoms with E-state index in [1.165, 1.54) is 24.8 Å². The maximum absolute atomic E-state index is 6.86. The van der Waals surface area contributed by atoms with Gasteiger partial charge < -0.3 is 4.74 Å². The van der Waals surface area contributed by atoms with Gasteiger partial charge in [-0.2, -0.15) is 0 Å². The van der Waals surface area contributed by atoms with E-state index in [1.54, 1.807) is 7.11 Å². The first-order chi connectivity index (χ1) is 10.5. The zero-order valence-electron chi connectivity index (χ0n) is 13.2. The lowest BCUT2D eigenvalue weighted by molar-refractivity contribution is 0.0843.